The summed E-state index contributed by atoms with van der Waals surface area (Å²) in [5.41, 5.74) is -1.44. The van der Waals surface area contributed by atoms with Gasteiger partial charge in [-0.3, -0.25) is 0 Å². The lowest BCUT2D eigenvalue weighted by Crippen LogP contribution is -2.45. The summed E-state index contributed by atoms with van der Waals surface area (Å²) in [6, 6.07) is 0. The van der Waals surface area contributed by atoms with Crippen LogP contribution in [0.4, 0.5) is 0 Å². The van der Waals surface area contributed by atoms with E-state index in [0.29, 0.717) is 18.9 Å². The summed E-state index contributed by atoms with van der Waals surface area (Å²) in [6.45, 7) is 2.74. The van der Waals surface area contributed by atoms with Gasteiger partial charge in [-0.15, -0.1) is 0 Å². The van der Waals surface area contributed by atoms with Gasteiger partial charge >= 0.3 is 5.97 Å². The summed E-state index contributed by atoms with van der Waals surface area (Å²) in [5.74, 6) is -0.113. The zero-order valence-electron chi connectivity index (χ0n) is 8.78. The third-order valence-corrected chi connectivity index (χ3v) is 2.71. The first-order chi connectivity index (χ1) is 6.58. The Morgan fingerprint density at radius 3 is 2.93 bits per heavy atom. The fraction of sp³-hybridized carbons (Fsp3) is 0.900. The second-order valence-corrected chi connectivity index (χ2v) is 4.01. The first-order valence-electron chi connectivity index (χ1n) is 4.97. The molecule has 0 aromatic rings. The van der Waals surface area contributed by atoms with Gasteiger partial charge < -0.3 is 14.6 Å². The van der Waals surface area contributed by atoms with E-state index in [1.165, 1.54) is 7.11 Å². The molecule has 0 spiro atoms. The van der Waals surface area contributed by atoms with Crippen LogP contribution in [0.2, 0.25) is 0 Å². The van der Waals surface area contributed by atoms with E-state index < -0.39 is 11.6 Å². The molecule has 82 valence electrons. The van der Waals surface area contributed by atoms with E-state index in [-0.39, 0.29) is 6.61 Å². The van der Waals surface area contributed by atoms with Gasteiger partial charge in [-0.2, -0.15) is 0 Å². The molecule has 4 nitrogen and oxygen atoms in total. The second kappa shape index (κ2) is 4.75. The number of rotatable bonds is 1. The molecular formula is C10H18O4. The van der Waals surface area contributed by atoms with Crippen LogP contribution in [-0.2, 0) is 14.3 Å². The van der Waals surface area contributed by atoms with E-state index in [9.17, 15) is 9.90 Å². The first kappa shape index (κ1) is 11.5. The Kier molecular flexibility index (Phi) is 3.89. The zero-order chi connectivity index (χ0) is 10.6. The van der Waals surface area contributed by atoms with E-state index >= 15 is 0 Å². The molecule has 1 aliphatic heterocycles. The van der Waals surface area contributed by atoms with E-state index in [2.05, 4.69) is 11.7 Å². The zero-order valence-corrected chi connectivity index (χ0v) is 8.78. The van der Waals surface area contributed by atoms with Crippen molar-refractivity contribution < 1.29 is 19.4 Å². The molecule has 0 radical (unpaired) electrons. The topological polar surface area (TPSA) is 55.8 Å². The third kappa shape index (κ3) is 2.69. The van der Waals surface area contributed by atoms with Gasteiger partial charge in [0.1, 0.15) is 0 Å². The molecule has 1 heterocycles. The maximum absolute atomic E-state index is 11.3. The van der Waals surface area contributed by atoms with Crippen LogP contribution in [0.25, 0.3) is 0 Å². The van der Waals surface area contributed by atoms with Crippen molar-refractivity contribution in [2.75, 3.05) is 20.3 Å². The van der Waals surface area contributed by atoms with Crippen molar-refractivity contribution in [3.8, 4) is 0 Å². The summed E-state index contributed by atoms with van der Waals surface area (Å²) in [5, 5.41) is 9.96. The van der Waals surface area contributed by atoms with Crippen LogP contribution in [-0.4, -0.2) is 37.0 Å². The van der Waals surface area contributed by atoms with Gasteiger partial charge in [0.05, 0.1) is 13.7 Å². The lowest BCUT2D eigenvalue weighted by Gasteiger charge is -2.28. The van der Waals surface area contributed by atoms with Crippen molar-refractivity contribution in [3.05, 3.63) is 0 Å². The van der Waals surface area contributed by atoms with Crippen molar-refractivity contribution in [2.24, 2.45) is 5.92 Å². The molecule has 0 aromatic heterocycles. The molecule has 2 unspecified atom stereocenters. The van der Waals surface area contributed by atoms with E-state index in [1.54, 1.807) is 0 Å². The predicted molar refractivity (Wildman–Crippen MR) is 50.8 cm³/mol. The van der Waals surface area contributed by atoms with E-state index in [1.807, 2.05) is 0 Å². The van der Waals surface area contributed by atoms with Crippen molar-refractivity contribution in [3.63, 3.8) is 0 Å². The Hall–Kier alpha value is -0.610. The molecule has 1 rings (SSSR count). The summed E-state index contributed by atoms with van der Waals surface area (Å²) < 4.78 is 9.79. The molecule has 0 saturated carbocycles. The molecule has 2 atom stereocenters. The average molecular weight is 202 g/mol. The van der Waals surface area contributed by atoms with E-state index in [4.69, 9.17) is 4.74 Å². The Morgan fingerprint density at radius 1 is 1.57 bits per heavy atom. The minimum Gasteiger partial charge on any atom is -0.467 e. The molecule has 14 heavy (non-hydrogen) atoms. The molecule has 0 aliphatic carbocycles. The number of hydrogen-bond acceptors (Lipinski definition) is 4. The molecule has 1 fully saturated rings. The summed E-state index contributed by atoms with van der Waals surface area (Å²) in [6.07, 6.45) is 2.23. The molecular weight excluding hydrogens is 184 g/mol. The number of esters is 1. The molecule has 0 aromatic carbocycles. The number of ether oxygens (including phenoxy) is 2. The number of carbonyl (C=O) groups excluding carboxylic acids is 1. The molecule has 0 amide bonds. The number of aliphatic hydroxyl groups is 1. The van der Waals surface area contributed by atoms with Crippen LogP contribution in [0.3, 0.4) is 0 Å². The highest BCUT2D eigenvalue weighted by Gasteiger charge is 2.38. The monoisotopic (exact) mass is 202 g/mol. The lowest BCUT2D eigenvalue weighted by atomic mass is 9.91. The van der Waals surface area contributed by atoms with Crippen LogP contribution in [0.1, 0.15) is 26.2 Å². The van der Waals surface area contributed by atoms with Gasteiger partial charge in [-0.25, -0.2) is 4.79 Å². The minimum absolute atomic E-state index is 0.0480. The van der Waals surface area contributed by atoms with Crippen LogP contribution < -0.4 is 0 Å². The lowest BCUT2D eigenvalue weighted by molar-refractivity contribution is -0.172. The Bertz CT molecular complexity index is 204. The van der Waals surface area contributed by atoms with Gasteiger partial charge in [0.15, 0.2) is 5.60 Å². The maximum atomic E-state index is 11.3. The van der Waals surface area contributed by atoms with Gasteiger partial charge in [0.25, 0.3) is 0 Å². The Balaban J connectivity index is 2.61. The molecule has 1 saturated heterocycles. The predicted octanol–water partition coefficient (Wildman–Crippen LogP) is 0.727. The Morgan fingerprint density at radius 2 is 2.29 bits per heavy atom. The van der Waals surface area contributed by atoms with Gasteiger partial charge in [-0.05, 0) is 25.2 Å². The van der Waals surface area contributed by atoms with Crippen LogP contribution in [0, 0.1) is 5.92 Å². The second-order valence-electron chi connectivity index (χ2n) is 4.01. The third-order valence-electron chi connectivity index (χ3n) is 2.71. The van der Waals surface area contributed by atoms with Gasteiger partial charge in [0.2, 0.25) is 0 Å². The van der Waals surface area contributed by atoms with E-state index in [0.717, 1.165) is 12.8 Å². The highest BCUT2D eigenvalue weighted by molar-refractivity contribution is 5.79. The smallest absolute Gasteiger partial charge is 0.340 e. The largest absolute Gasteiger partial charge is 0.467 e. The molecule has 1 aliphatic rings. The van der Waals surface area contributed by atoms with Crippen molar-refractivity contribution in [1.82, 2.24) is 0 Å². The van der Waals surface area contributed by atoms with Gasteiger partial charge in [-0.1, -0.05) is 6.92 Å². The van der Waals surface area contributed by atoms with Crippen molar-refractivity contribution in [2.45, 2.75) is 31.8 Å². The number of hydrogen-bond donors (Lipinski definition) is 1. The summed E-state index contributed by atoms with van der Waals surface area (Å²) in [7, 11) is 1.28. The van der Waals surface area contributed by atoms with Gasteiger partial charge in [0, 0.05) is 6.61 Å². The molecule has 1 N–H and O–H groups in total. The highest BCUT2D eigenvalue weighted by Crippen LogP contribution is 2.23. The number of carbonyl (C=O) groups is 1. The summed E-state index contributed by atoms with van der Waals surface area (Å²) >= 11 is 0. The standard InChI is InChI=1S/C10H18O4/c1-8-3-5-10(12,9(11)13-2)7-14-6-4-8/h8,12H,3-7H2,1-2H3. The quantitative estimate of drug-likeness (QED) is 0.637. The van der Waals surface area contributed by atoms with Crippen LogP contribution in [0.5, 0.6) is 0 Å². The van der Waals surface area contributed by atoms with Crippen LogP contribution in [0.15, 0.2) is 0 Å². The fourth-order valence-corrected chi connectivity index (χ4v) is 1.58. The SMILES string of the molecule is COC(=O)C1(O)CCC(C)CCOC1. The first-order valence-corrected chi connectivity index (χ1v) is 4.97. The summed E-state index contributed by atoms with van der Waals surface area (Å²) in [4.78, 5) is 11.3. The number of methoxy groups -OCH3 is 1. The minimum atomic E-state index is -1.44. The van der Waals surface area contributed by atoms with Crippen LogP contribution >= 0.6 is 0 Å². The normalized spacial score (nSPS) is 34.4. The fourth-order valence-electron chi connectivity index (χ4n) is 1.58. The van der Waals surface area contributed by atoms with Crippen molar-refractivity contribution >= 4 is 5.97 Å². The highest BCUT2D eigenvalue weighted by atomic mass is 16.6. The maximum Gasteiger partial charge on any atom is 0.340 e. The average Bonchev–Trinajstić information content (AvgIpc) is 2.18. The molecule has 4 heteroatoms. The Labute approximate surface area is 84.2 Å². The van der Waals surface area contributed by atoms with Crippen molar-refractivity contribution in [1.29, 1.82) is 0 Å². The molecule has 0 bridgehead atoms.